The maximum absolute atomic E-state index is 5.95. The summed E-state index contributed by atoms with van der Waals surface area (Å²) in [5.74, 6) is 0.440. The first-order valence-corrected chi connectivity index (χ1v) is 9.29. The molecule has 2 aromatic rings. The van der Waals surface area contributed by atoms with E-state index < -0.39 is 0 Å². The number of benzene rings is 2. The molecule has 1 N–H and O–H groups in total. The fraction of sp³-hybridized carbons (Fsp3) is 0.250. The highest BCUT2D eigenvalue weighted by molar-refractivity contribution is 8.76. The van der Waals surface area contributed by atoms with Crippen LogP contribution in [0, 0.1) is 6.92 Å². The van der Waals surface area contributed by atoms with E-state index in [0.29, 0.717) is 5.92 Å². The zero-order chi connectivity index (χ0) is 15.0. The molecule has 0 bridgehead atoms. The molecule has 0 spiro atoms. The monoisotopic (exact) mass is 371 g/mol. The summed E-state index contributed by atoms with van der Waals surface area (Å²) in [4.78, 5) is 1.30. The van der Waals surface area contributed by atoms with Gasteiger partial charge < -0.3 is 5.32 Å². The van der Waals surface area contributed by atoms with Crippen molar-refractivity contribution < 1.29 is 0 Å². The Morgan fingerprint density at radius 2 is 1.86 bits per heavy atom. The third kappa shape index (κ3) is 3.46. The minimum absolute atomic E-state index is 0. The van der Waals surface area contributed by atoms with Gasteiger partial charge in [-0.25, -0.2) is 4.72 Å². The van der Waals surface area contributed by atoms with Gasteiger partial charge in [-0.3, -0.25) is 0 Å². The molecule has 0 saturated carbocycles. The van der Waals surface area contributed by atoms with Crippen LogP contribution in [0.2, 0.25) is 5.02 Å². The Morgan fingerprint density at radius 3 is 2.50 bits per heavy atom. The van der Waals surface area contributed by atoms with E-state index in [1.807, 2.05) is 24.3 Å². The van der Waals surface area contributed by atoms with Gasteiger partial charge in [0.1, 0.15) is 0 Å². The molecule has 0 aliphatic carbocycles. The maximum Gasteiger partial charge on any atom is 0.0901 e. The summed E-state index contributed by atoms with van der Waals surface area (Å²) >= 11 is 5.95. The summed E-state index contributed by atoms with van der Waals surface area (Å²) in [7, 11) is 3.32. The second-order valence-electron chi connectivity index (χ2n) is 5.37. The van der Waals surface area contributed by atoms with E-state index in [2.05, 4.69) is 36.9 Å². The Hall–Kier alpha value is -0.680. The highest BCUT2D eigenvalue weighted by atomic mass is 35.5. The number of rotatable bonds is 3. The van der Waals surface area contributed by atoms with E-state index in [4.69, 9.17) is 11.6 Å². The predicted octanol–water partition coefficient (Wildman–Crippen LogP) is 6.84. The van der Waals surface area contributed by atoms with Crippen LogP contribution in [0.25, 0.3) is 0 Å². The number of nitrogens with one attached hydrogen (secondary N) is 1. The Bertz CT molecular complexity index is 673. The van der Waals surface area contributed by atoms with Crippen LogP contribution in [-0.4, -0.2) is 0 Å². The van der Waals surface area contributed by atoms with Gasteiger partial charge >= 0.3 is 0 Å². The number of nitrogens with zero attached hydrogens (tertiary/aromatic N) is 1. The largest absolute Gasteiger partial charge is 0.355 e. The molecule has 22 heavy (non-hydrogen) atoms. The van der Waals surface area contributed by atoms with Crippen molar-refractivity contribution in [2.24, 2.45) is 0 Å². The number of aryl methyl sites for hydroxylation is 1. The third-order valence-corrected chi connectivity index (χ3v) is 5.54. The van der Waals surface area contributed by atoms with Gasteiger partial charge in [0.05, 0.1) is 10.6 Å². The Kier molecular flexibility index (Phi) is 5.83. The van der Waals surface area contributed by atoms with Crippen LogP contribution >= 0.6 is 45.8 Å². The van der Waals surface area contributed by atoms with Gasteiger partial charge in [0.25, 0.3) is 0 Å². The van der Waals surface area contributed by atoms with E-state index in [9.17, 15) is 0 Å². The number of fused-ring (bicyclic) bond motifs is 1. The number of anilines is 2. The van der Waals surface area contributed by atoms with Crippen molar-refractivity contribution in [1.82, 2.24) is 4.72 Å². The number of halogens is 2. The van der Waals surface area contributed by atoms with E-state index in [0.717, 1.165) is 22.1 Å². The molecular weight excluding hydrogens is 355 g/mol. The van der Waals surface area contributed by atoms with E-state index in [-0.39, 0.29) is 12.4 Å². The minimum atomic E-state index is 0. The van der Waals surface area contributed by atoms with Crippen LogP contribution in [0.1, 0.15) is 30.9 Å². The zero-order valence-corrected chi connectivity index (χ0v) is 15.7. The van der Waals surface area contributed by atoms with Gasteiger partial charge in [-0.05, 0) is 65.1 Å². The first-order chi connectivity index (χ1) is 10.1. The van der Waals surface area contributed by atoms with Crippen molar-refractivity contribution in [2.75, 3.05) is 5.32 Å². The molecule has 0 amide bonds. The van der Waals surface area contributed by atoms with Crippen molar-refractivity contribution in [3.05, 3.63) is 46.5 Å². The maximum atomic E-state index is 5.95. The van der Waals surface area contributed by atoms with Crippen molar-refractivity contribution in [3.63, 3.8) is 0 Å². The zero-order valence-electron chi connectivity index (χ0n) is 12.5. The van der Waals surface area contributed by atoms with Gasteiger partial charge in [-0.15, -0.1) is 12.4 Å². The van der Waals surface area contributed by atoms with Gasteiger partial charge in [-0.1, -0.05) is 25.4 Å². The Labute approximate surface area is 150 Å². The topological polar surface area (TPSA) is 26.1 Å². The summed E-state index contributed by atoms with van der Waals surface area (Å²) in [6.45, 7) is 6.56. The number of hydrogen-bond donors (Lipinski definition) is 1. The first-order valence-electron chi connectivity index (χ1n) is 6.81. The van der Waals surface area contributed by atoms with Crippen molar-refractivity contribution >= 4 is 62.8 Å². The summed E-state index contributed by atoms with van der Waals surface area (Å²) < 4.78 is 4.54. The molecule has 0 fully saturated rings. The molecular formula is C16H17Cl2N2S2. The molecule has 1 aliphatic rings. The van der Waals surface area contributed by atoms with Gasteiger partial charge in [0.15, 0.2) is 0 Å². The fourth-order valence-corrected chi connectivity index (χ4v) is 4.84. The van der Waals surface area contributed by atoms with Gasteiger partial charge in [-0.2, -0.15) is 0 Å². The van der Waals surface area contributed by atoms with E-state index >= 15 is 0 Å². The Morgan fingerprint density at radius 1 is 1.18 bits per heavy atom. The molecule has 3 rings (SSSR count). The molecule has 2 nitrogen and oxygen atoms in total. The quantitative estimate of drug-likeness (QED) is 0.472. The molecule has 6 heteroatoms. The summed E-state index contributed by atoms with van der Waals surface area (Å²) in [6.07, 6.45) is 0. The van der Waals surface area contributed by atoms with Gasteiger partial charge in [0.2, 0.25) is 0 Å². The van der Waals surface area contributed by atoms with Crippen molar-refractivity contribution in [3.8, 4) is 0 Å². The van der Waals surface area contributed by atoms with Crippen molar-refractivity contribution in [2.45, 2.75) is 31.6 Å². The standard InChI is InChI=1S/C16H16ClN2S2.ClH/c1-9(2)14-13(18-12-6-4-11(17)5-7-12)8-10(3)15-16(14)20-21-19-15;/h4-9,18H,1-3H3;1H. The highest BCUT2D eigenvalue weighted by Gasteiger charge is 2.24. The van der Waals surface area contributed by atoms with E-state index in [1.54, 1.807) is 21.8 Å². The molecule has 0 atom stereocenters. The second kappa shape index (κ2) is 7.26. The molecule has 117 valence electrons. The summed E-state index contributed by atoms with van der Waals surface area (Å²) in [5, 5.41) is 4.28. The first kappa shape index (κ1) is 17.7. The van der Waals surface area contributed by atoms with Crippen LogP contribution in [-0.2, 0) is 0 Å². The molecule has 0 saturated heterocycles. The van der Waals surface area contributed by atoms with Crippen LogP contribution in [0.15, 0.2) is 35.2 Å². The normalized spacial score (nSPS) is 12.6. The number of hydrogen-bond acceptors (Lipinski definition) is 3. The summed E-state index contributed by atoms with van der Waals surface area (Å²) in [5.41, 5.74) is 5.89. The predicted molar refractivity (Wildman–Crippen MR) is 102 cm³/mol. The van der Waals surface area contributed by atoms with Crippen LogP contribution < -0.4 is 10.0 Å². The average Bonchev–Trinajstić information content (AvgIpc) is 2.90. The van der Waals surface area contributed by atoms with E-state index in [1.165, 1.54) is 16.0 Å². The lowest BCUT2D eigenvalue weighted by molar-refractivity contribution is 0.844. The lowest BCUT2D eigenvalue weighted by Crippen LogP contribution is -2.01. The lowest BCUT2D eigenvalue weighted by Gasteiger charge is -2.19. The molecule has 2 aromatic carbocycles. The second-order valence-corrected chi connectivity index (χ2v) is 7.66. The summed E-state index contributed by atoms with van der Waals surface area (Å²) in [6, 6.07) is 10.00. The smallest absolute Gasteiger partial charge is 0.0901 e. The minimum Gasteiger partial charge on any atom is -0.355 e. The lowest BCUT2D eigenvalue weighted by atomic mass is 9.97. The molecule has 1 aliphatic heterocycles. The Balaban J connectivity index is 0.00000176. The third-order valence-electron chi connectivity index (χ3n) is 3.43. The molecule has 0 unspecified atom stereocenters. The van der Waals surface area contributed by atoms with Crippen molar-refractivity contribution in [1.29, 1.82) is 0 Å². The highest BCUT2D eigenvalue weighted by Crippen LogP contribution is 2.52. The van der Waals surface area contributed by atoms with Crippen LogP contribution in [0.4, 0.5) is 17.1 Å². The molecule has 0 aromatic heterocycles. The van der Waals surface area contributed by atoms with Crippen LogP contribution in [0.5, 0.6) is 0 Å². The fourth-order valence-electron chi connectivity index (χ4n) is 2.45. The molecule has 1 radical (unpaired) electrons. The van der Waals surface area contributed by atoms with Crippen LogP contribution in [0.3, 0.4) is 0 Å². The van der Waals surface area contributed by atoms with Gasteiger partial charge in [0, 0.05) is 27.4 Å². The molecule has 1 heterocycles. The SMILES string of the molecule is Cc1cc(Nc2ccc(Cl)cc2)c(C(C)C)c2c1[N]SS2.Cl. The average molecular weight is 372 g/mol.